The molecule has 5 nitrogen and oxygen atoms in total. The standard InChI is InChI=1S/C21H33BO5S/c22-21(8-6-4-2-1-3-5-7-9-21)11-14-10-16(28-13-14)20-19(26)18(25)17(24)15(12-23)27-20/h10,13,15,17-20,23-26H,1-9,11-12H2/t15-,17-,18+,19-,20+/m1/s1. The molecule has 0 amide bonds. The Bertz CT molecular complexity index is 597. The van der Waals surface area contributed by atoms with Gasteiger partial charge in [-0.1, -0.05) is 63.1 Å². The van der Waals surface area contributed by atoms with Crippen LogP contribution in [0, 0.1) is 0 Å². The van der Waals surface area contributed by atoms with Crippen LogP contribution in [0.1, 0.15) is 74.3 Å². The predicted molar refractivity (Wildman–Crippen MR) is 111 cm³/mol. The Morgan fingerprint density at radius 1 is 0.964 bits per heavy atom. The lowest BCUT2D eigenvalue weighted by Gasteiger charge is -2.39. The van der Waals surface area contributed by atoms with Crippen LogP contribution < -0.4 is 0 Å². The third kappa shape index (κ3) is 5.38. The Balaban J connectivity index is 1.68. The molecular formula is C21H33BO5S. The molecule has 5 atom stereocenters. The van der Waals surface area contributed by atoms with Crippen LogP contribution in [-0.2, 0) is 11.2 Å². The molecule has 4 N–H and O–H groups in total. The number of hydrogen-bond donors (Lipinski definition) is 4. The highest BCUT2D eigenvalue weighted by Crippen LogP contribution is 2.42. The summed E-state index contributed by atoms with van der Waals surface area (Å²) in [4.78, 5) is 0.787. The summed E-state index contributed by atoms with van der Waals surface area (Å²) in [5.41, 5.74) is 1.12. The lowest BCUT2D eigenvalue weighted by molar-refractivity contribution is -0.230. The van der Waals surface area contributed by atoms with Gasteiger partial charge < -0.3 is 25.2 Å². The van der Waals surface area contributed by atoms with Crippen molar-refractivity contribution in [3.63, 3.8) is 0 Å². The molecule has 1 saturated heterocycles. The van der Waals surface area contributed by atoms with Crippen LogP contribution in [0.15, 0.2) is 11.4 Å². The topological polar surface area (TPSA) is 90.2 Å². The van der Waals surface area contributed by atoms with E-state index in [2.05, 4.69) is 0 Å². The zero-order chi connectivity index (χ0) is 20.1. The molecule has 0 unspecified atom stereocenters. The van der Waals surface area contributed by atoms with Gasteiger partial charge in [-0.3, -0.25) is 0 Å². The van der Waals surface area contributed by atoms with Crippen LogP contribution in [0.5, 0.6) is 0 Å². The van der Waals surface area contributed by atoms with Crippen molar-refractivity contribution in [2.75, 3.05) is 6.61 Å². The number of rotatable bonds is 4. The fourth-order valence-corrected chi connectivity index (χ4v) is 5.51. The Kier molecular flexibility index (Phi) is 7.99. The van der Waals surface area contributed by atoms with Gasteiger partial charge in [0.05, 0.1) is 14.5 Å². The Labute approximate surface area is 173 Å². The minimum Gasteiger partial charge on any atom is -0.394 e. The Hall–Kier alpha value is -0.435. The number of aliphatic hydroxyl groups excluding tert-OH is 4. The normalized spacial score (nSPS) is 34.8. The van der Waals surface area contributed by atoms with Crippen molar-refractivity contribution in [3.05, 3.63) is 21.9 Å². The molecule has 1 aromatic heterocycles. The molecular weight excluding hydrogens is 375 g/mol. The Morgan fingerprint density at radius 2 is 1.57 bits per heavy atom. The molecule has 2 fully saturated rings. The molecule has 0 spiro atoms. The van der Waals surface area contributed by atoms with Crippen LogP contribution >= 0.6 is 11.3 Å². The third-order valence-electron chi connectivity index (χ3n) is 6.25. The summed E-state index contributed by atoms with van der Waals surface area (Å²) < 4.78 is 5.68. The van der Waals surface area contributed by atoms with Crippen LogP contribution in [0.25, 0.3) is 0 Å². The van der Waals surface area contributed by atoms with Gasteiger partial charge in [0.25, 0.3) is 0 Å². The quantitative estimate of drug-likeness (QED) is 0.576. The van der Waals surface area contributed by atoms with E-state index < -0.39 is 37.1 Å². The first-order chi connectivity index (χ1) is 13.4. The Morgan fingerprint density at radius 3 is 2.18 bits per heavy atom. The first kappa shape index (κ1) is 22.3. The summed E-state index contributed by atoms with van der Waals surface area (Å²) in [6.07, 6.45) is 6.07. The lowest BCUT2D eigenvalue weighted by Crippen LogP contribution is -2.55. The molecule has 0 aromatic carbocycles. The average Bonchev–Trinajstić information content (AvgIpc) is 3.13. The van der Waals surface area contributed by atoms with E-state index in [0.29, 0.717) is 0 Å². The number of thiophene rings is 1. The summed E-state index contributed by atoms with van der Waals surface area (Å²) in [5, 5.41) is 41.6. The molecule has 1 aromatic rings. The van der Waals surface area contributed by atoms with Crippen LogP contribution in [0.2, 0.25) is 5.31 Å². The maximum absolute atomic E-state index is 10.3. The minimum absolute atomic E-state index is 0.203. The fraction of sp³-hybridized carbons (Fsp3) is 0.810. The first-order valence-electron chi connectivity index (χ1n) is 10.6. The van der Waals surface area contributed by atoms with Crippen LogP contribution in [-0.4, -0.2) is 59.3 Å². The highest BCUT2D eigenvalue weighted by molar-refractivity contribution is 7.10. The van der Waals surface area contributed by atoms with Crippen molar-refractivity contribution < 1.29 is 25.2 Å². The lowest BCUT2D eigenvalue weighted by atomic mass is 9.59. The zero-order valence-corrected chi connectivity index (χ0v) is 17.3. The molecule has 28 heavy (non-hydrogen) atoms. The number of aliphatic hydroxyl groups is 4. The van der Waals surface area contributed by atoms with Crippen molar-refractivity contribution in [2.24, 2.45) is 0 Å². The molecule has 2 aliphatic rings. The van der Waals surface area contributed by atoms with E-state index in [-0.39, 0.29) is 5.31 Å². The molecule has 2 heterocycles. The molecule has 7 heteroatoms. The predicted octanol–water partition coefficient (Wildman–Crippen LogP) is 2.66. The highest BCUT2D eigenvalue weighted by atomic mass is 32.1. The maximum Gasteiger partial charge on any atom is 0.121 e. The van der Waals surface area contributed by atoms with Crippen molar-refractivity contribution in [3.8, 4) is 0 Å². The van der Waals surface area contributed by atoms with E-state index in [1.54, 1.807) is 0 Å². The van der Waals surface area contributed by atoms with Gasteiger partial charge in [0, 0.05) is 4.88 Å². The van der Waals surface area contributed by atoms with Crippen molar-refractivity contribution in [1.29, 1.82) is 0 Å². The monoisotopic (exact) mass is 408 g/mol. The van der Waals surface area contributed by atoms with E-state index in [0.717, 1.165) is 29.7 Å². The molecule has 3 rings (SSSR count). The third-order valence-corrected chi connectivity index (χ3v) is 7.30. The van der Waals surface area contributed by atoms with Crippen molar-refractivity contribution >= 4 is 19.2 Å². The van der Waals surface area contributed by atoms with Crippen molar-refractivity contribution in [1.82, 2.24) is 0 Å². The second kappa shape index (κ2) is 10.0. The second-order valence-electron chi connectivity index (χ2n) is 8.62. The van der Waals surface area contributed by atoms with Gasteiger partial charge in [-0.25, -0.2) is 0 Å². The van der Waals surface area contributed by atoms with Crippen LogP contribution in [0.3, 0.4) is 0 Å². The summed E-state index contributed by atoms with van der Waals surface area (Å²) in [6.45, 7) is -0.411. The van der Waals surface area contributed by atoms with Gasteiger partial charge in [0.1, 0.15) is 30.5 Å². The van der Waals surface area contributed by atoms with E-state index in [4.69, 9.17) is 12.6 Å². The average molecular weight is 408 g/mol. The molecule has 156 valence electrons. The number of ether oxygens (including phenoxy) is 1. The van der Waals surface area contributed by atoms with Gasteiger partial charge >= 0.3 is 0 Å². The second-order valence-corrected chi connectivity index (χ2v) is 9.56. The summed E-state index contributed by atoms with van der Waals surface area (Å²) in [6, 6.07) is 1.99. The van der Waals surface area contributed by atoms with Gasteiger partial charge in [-0.2, -0.15) is 0 Å². The largest absolute Gasteiger partial charge is 0.394 e. The smallest absolute Gasteiger partial charge is 0.121 e. The maximum atomic E-state index is 10.3. The van der Waals surface area contributed by atoms with E-state index >= 15 is 0 Å². The summed E-state index contributed by atoms with van der Waals surface area (Å²) in [7, 11) is 6.80. The first-order valence-corrected chi connectivity index (χ1v) is 11.5. The van der Waals surface area contributed by atoms with Gasteiger partial charge in [0.15, 0.2) is 0 Å². The number of hydrogen-bond acceptors (Lipinski definition) is 6. The molecule has 1 aliphatic heterocycles. The molecule has 0 bridgehead atoms. The summed E-state index contributed by atoms with van der Waals surface area (Å²) in [5.74, 6) is 0. The molecule has 1 saturated carbocycles. The summed E-state index contributed by atoms with van der Waals surface area (Å²) >= 11 is 1.46. The van der Waals surface area contributed by atoms with Crippen LogP contribution in [0.4, 0.5) is 0 Å². The SMILES string of the molecule is [B]C1(Cc2csc([C@@H]3O[C@H](CO)[C@@H](O)[C@H](O)[C@H]3O)c2)CCCCCCCCC1. The van der Waals surface area contributed by atoms with Gasteiger partial charge in [-0.15, -0.1) is 11.3 Å². The minimum atomic E-state index is -1.35. The van der Waals surface area contributed by atoms with Gasteiger partial charge in [0.2, 0.25) is 0 Å². The zero-order valence-electron chi connectivity index (χ0n) is 16.5. The fourth-order valence-electron chi connectivity index (χ4n) is 4.52. The van der Waals surface area contributed by atoms with E-state index in [1.165, 1.54) is 56.3 Å². The molecule has 2 radical (unpaired) electrons. The van der Waals surface area contributed by atoms with Crippen molar-refractivity contribution in [2.45, 2.75) is 100 Å². The van der Waals surface area contributed by atoms with E-state index in [1.807, 2.05) is 11.4 Å². The highest BCUT2D eigenvalue weighted by Gasteiger charge is 2.44. The van der Waals surface area contributed by atoms with E-state index in [9.17, 15) is 20.4 Å². The van der Waals surface area contributed by atoms with Gasteiger partial charge in [-0.05, 0) is 23.4 Å². The molecule has 1 aliphatic carbocycles.